The molecule has 1 aromatic heterocycles. The molecular weight excluding hydrogens is 518 g/mol. The number of amides is 3. The van der Waals surface area contributed by atoms with Crippen molar-refractivity contribution >= 4 is 17.9 Å². The van der Waals surface area contributed by atoms with Crippen LogP contribution >= 0.6 is 0 Å². The summed E-state index contributed by atoms with van der Waals surface area (Å²) in [6.45, 7) is 7.26. The van der Waals surface area contributed by atoms with Crippen molar-refractivity contribution in [1.29, 1.82) is 0 Å². The van der Waals surface area contributed by atoms with Gasteiger partial charge in [-0.1, -0.05) is 60.7 Å². The number of rotatable bonds is 5. The summed E-state index contributed by atoms with van der Waals surface area (Å²) in [4.78, 5) is 48.5. The van der Waals surface area contributed by atoms with Crippen molar-refractivity contribution in [3.8, 4) is 11.3 Å². The molecule has 2 aliphatic heterocycles. The second kappa shape index (κ2) is 12.2. The van der Waals surface area contributed by atoms with Crippen LogP contribution < -0.4 is 5.32 Å². The van der Waals surface area contributed by atoms with E-state index < -0.39 is 11.6 Å². The molecule has 2 atom stereocenters. The van der Waals surface area contributed by atoms with Crippen LogP contribution in [-0.4, -0.2) is 75.1 Å². The summed E-state index contributed by atoms with van der Waals surface area (Å²) >= 11 is 0. The maximum atomic E-state index is 14.4. The van der Waals surface area contributed by atoms with E-state index in [-0.39, 0.29) is 23.9 Å². The zero-order valence-electron chi connectivity index (χ0n) is 24.1. The van der Waals surface area contributed by atoms with E-state index in [1.165, 1.54) is 0 Å². The van der Waals surface area contributed by atoms with Crippen molar-refractivity contribution in [2.45, 2.75) is 64.1 Å². The molecule has 0 radical (unpaired) electrons. The molecular formula is C32H39N5O4. The number of ether oxygens (including phenoxy) is 1. The summed E-state index contributed by atoms with van der Waals surface area (Å²) in [5.41, 5.74) is 2.26. The van der Waals surface area contributed by atoms with Crippen LogP contribution in [0.15, 0.2) is 67.0 Å². The molecule has 1 unspecified atom stereocenters. The van der Waals surface area contributed by atoms with E-state index >= 15 is 0 Å². The van der Waals surface area contributed by atoms with E-state index in [1.54, 1.807) is 11.2 Å². The van der Waals surface area contributed by atoms with E-state index in [2.05, 4.69) is 10.3 Å². The first-order chi connectivity index (χ1) is 19.7. The van der Waals surface area contributed by atoms with Crippen molar-refractivity contribution in [2.75, 3.05) is 26.2 Å². The number of imidazole rings is 1. The molecule has 5 rings (SSSR count). The predicted molar refractivity (Wildman–Crippen MR) is 156 cm³/mol. The zero-order chi connectivity index (χ0) is 29.0. The van der Waals surface area contributed by atoms with Crippen LogP contribution in [0.1, 0.15) is 62.1 Å². The molecule has 0 spiro atoms. The van der Waals surface area contributed by atoms with Gasteiger partial charge in [-0.15, -0.1) is 0 Å². The summed E-state index contributed by atoms with van der Waals surface area (Å²) in [5, 5.41) is 3.01. The Bertz CT molecular complexity index is 1370. The normalized spacial score (nSPS) is 19.8. The topological polar surface area (TPSA) is 96.8 Å². The number of carbonyl (C=O) groups is 3. The van der Waals surface area contributed by atoms with Gasteiger partial charge >= 0.3 is 6.09 Å². The second-order valence-corrected chi connectivity index (χ2v) is 11.8. The Morgan fingerprint density at radius 3 is 2.41 bits per heavy atom. The maximum absolute atomic E-state index is 14.4. The molecule has 3 amide bonds. The van der Waals surface area contributed by atoms with E-state index in [4.69, 9.17) is 4.74 Å². The van der Waals surface area contributed by atoms with Crippen molar-refractivity contribution in [3.63, 3.8) is 0 Å². The lowest BCUT2D eigenvalue weighted by Crippen LogP contribution is -2.58. The molecule has 0 aliphatic carbocycles. The Balaban J connectivity index is 1.49. The Morgan fingerprint density at radius 2 is 1.71 bits per heavy atom. The Hall–Kier alpha value is -4.14. The molecule has 216 valence electrons. The fourth-order valence-corrected chi connectivity index (χ4v) is 5.64. The van der Waals surface area contributed by atoms with Crippen molar-refractivity contribution in [1.82, 2.24) is 24.7 Å². The Morgan fingerprint density at radius 1 is 1.00 bits per heavy atom. The van der Waals surface area contributed by atoms with Gasteiger partial charge in [0, 0.05) is 31.7 Å². The van der Waals surface area contributed by atoms with Crippen molar-refractivity contribution in [3.05, 3.63) is 78.2 Å². The lowest BCUT2D eigenvalue weighted by molar-refractivity contribution is -0.124. The van der Waals surface area contributed by atoms with E-state index in [9.17, 15) is 14.4 Å². The second-order valence-electron chi connectivity index (χ2n) is 11.8. The lowest BCUT2D eigenvalue weighted by atomic mass is 10.0. The summed E-state index contributed by atoms with van der Waals surface area (Å²) in [5.74, 6) is -0.259. The van der Waals surface area contributed by atoms with Gasteiger partial charge in [-0.2, -0.15) is 0 Å². The lowest BCUT2D eigenvalue weighted by Gasteiger charge is -2.41. The fraction of sp³-hybridized carbons (Fsp3) is 0.438. The third kappa shape index (κ3) is 6.61. The zero-order valence-corrected chi connectivity index (χ0v) is 24.1. The third-order valence-electron chi connectivity index (χ3n) is 7.59. The van der Waals surface area contributed by atoms with Gasteiger partial charge in [0.05, 0.1) is 18.1 Å². The minimum Gasteiger partial charge on any atom is -0.444 e. The molecule has 3 heterocycles. The molecule has 9 nitrogen and oxygen atoms in total. The molecule has 0 bridgehead atoms. The quantitative estimate of drug-likeness (QED) is 0.491. The molecule has 2 aliphatic rings. The first kappa shape index (κ1) is 28.4. The van der Waals surface area contributed by atoms with Gasteiger partial charge in [-0.05, 0) is 52.0 Å². The fourth-order valence-electron chi connectivity index (χ4n) is 5.64. The van der Waals surface area contributed by atoms with Crippen LogP contribution in [0.3, 0.4) is 0 Å². The molecule has 0 saturated carbocycles. The highest BCUT2D eigenvalue weighted by Gasteiger charge is 2.37. The molecule has 2 aromatic carbocycles. The third-order valence-corrected chi connectivity index (χ3v) is 7.59. The number of nitrogens with zero attached hydrogens (tertiary/aromatic N) is 4. The van der Waals surface area contributed by atoms with Crippen LogP contribution in [0.4, 0.5) is 4.79 Å². The minimum atomic E-state index is -0.610. The van der Waals surface area contributed by atoms with Crippen LogP contribution in [0.2, 0.25) is 0 Å². The van der Waals surface area contributed by atoms with Gasteiger partial charge in [0.25, 0.3) is 5.91 Å². The number of carbonyl (C=O) groups excluding carboxylic acids is 3. The predicted octanol–water partition coefficient (Wildman–Crippen LogP) is 4.70. The molecule has 2 saturated heterocycles. The first-order valence-corrected chi connectivity index (χ1v) is 14.4. The van der Waals surface area contributed by atoms with Crippen LogP contribution in [-0.2, 0) is 16.0 Å². The Kier molecular flexibility index (Phi) is 8.42. The minimum absolute atomic E-state index is 0.0518. The van der Waals surface area contributed by atoms with Crippen LogP contribution in [0.5, 0.6) is 0 Å². The summed E-state index contributed by atoms with van der Waals surface area (Å²) < 4.78 is 7.52. The van der Waals surface area contributed by atoms with E-state index in [1.807, 2.05) is 90.9 Å². The molecule has 1 N–H and O–H groups in total. The van der Waals surface area contributed by atoms with E-state index in [0.29, 0.717) is 50.4 Å². The molecule has 9 heteroatoms. The molecule has 41 heavy (non-hydrogen) atoms. The smallest absolute Gasteiger partial charge is 0.410 e. The van der Waals surface area contributed by atoms with Crippen molar-refractivity contribution < 1.29 is 19.1 Å². The standard InChI is InChI=1S/C32H39N5O4/c1-32(2,3)41-31(40)35-18-19-36(25(21-35)20-23-12-6-4-7-13-23)30(39)27-28(24-14-8-5-9-15-24)37(22-34-27)26-16-10-11-17-33-29(26)38/h4-9,12-15,22,25-26H,10-11,16-21H2,1-3H3,(H,33,38)/t25-,26?/m1/s1. The number of aromatic nitrogens is 2. The van der Waals surface area contributed by atoms with Crippen LogP contribution in [0, 0.1) is 0 Å². The molecule has 2 fully saturated rings. The average Bonchev–Trinajstić information content (AvgIpc) is 3.28. The SMILES string of the molecule is CC(C)(C)OC(=O)N1CCN(C(=O)c2ncn(C3CCCCNC3=O)c2-c2ccccc2)[C@H](Cc2ccccc2)C1. The van der Waals surface area contributed by atoms with Gasteiger partial charge in [-0.3, -0.25) is 9.59 Å². The summed E-state index contributed by atoms with van der Waals surface area (Å²) in [6.07, 6.45) is 4.35. The van der Waals surface area contributed by atoms with Gasteiger partial charge in [0.2, 0.25) is 5.91 Å². The Labute approximate surface area is 241 Å². The number of nitrogens with one attached hydrogen (secondary N) is 1. The van der Waals surface area contributed by atoms with Gasteiger partial charge < -0.3 is 24.4 Å². The number of piperazine rings is 1. The maximum Gasteiger partial charge on any atom is 0.410 e. The molecule has 3 aromatic rings. The largest absolute Gasteiger partial charge is 0.444 e. The van der Waals surface area contributed by atoms with Gasteiger partial charge in [0.15, 0.2) is 5.69 Å². The number of benzene rings is 2. The highest BCUT2D eigenvalue weighted by atomic mass is 16.6. The monoisotopic (exact) mass is 557 g/mol. The van der Waals surface area contributed by atoms with Crippen molar-refractivity contribution in [2.24, 2.45) is 0 Å². The number of hydrogen-bond donors (Lipinski definition) is 1. The van der Waals surface area contributed by atoms with E-state index in [0.717, 1.165) is 24.0 Å². The highest BCUT2D eigenvalue weighted by molar-refractivity contribution is 5.99. The highest BCUT2D eigenvalue weighted by Crippen LogP contribution is 2.31. The number of hydrogen-bond acceptors (Lipinski definition) is 5. The summed E-state index contributed by atoms with van der Waals surface area (Å²) in [6, 6.07) is 18.9. The first-order valence-electron chi connectivity index (χ1n) is 14.4. The van der Waals surface area contributed by atoms with Gasteiger partial charge in [-0.25, -0.2) is 9.78 Å². The van der Waals surface area contributed by atoms with Crippen LogP contribution in [0.25, 0.3) is 11.3 Å². The average molecular weight is 558 g/mol. The summed E-state index contributed by atoms with van der Waals surface area (Å²) in [7, 11) is 0. The van der Waals surface area contributed by atoms with Gasteiger partial charge in [0.1, 0.15) is 11.6 Å².